The van der Waals surface area contributed by atoms with Crippen LogP contribution < -0.4 is 5.32 Å². The summed E-state index contributed by atoms with van der Waals surface area (Å²) >= 11 is 0. The summed E-state index contributed by atoms with van der Waals surface area (Å²) in [5, 5.41) is 3.74. The van der Waals surface area contributed by atoms with Crippen molar-refractivity contribution in [1.82, 2.24) is 15.1 Å². The number of hydrogen-bond acceptors (Lipinski definition) is 3. The van der Waals surface area contributed by atoms with E-state index in [1.165, 1.54) is 64.8 Å². The van der Waals surface area contributed by atoms with E-state index in [-0.39, 0.29) is 0 Å². The maximum Gasteiger partial charge on any atom is 0.0264 e. The summed E-state index contributed by atoms with van der Waals surface area (Å²) in [5.41, 5.74) is 0. The van der Waals surface area contributed by atoms with Crippen molar-refractivity contribution in [2.45, 2.75) is 50.2 Å². The Hall–Kier alpha value is -0.120. The van der Waals surface area contributed by atoms with Gasteiger partial charge in [-0.2, -0.15) is 0 Å². The third-order valence-corrected chi connectivity index (χ3v) is 5.47. The normalized spacial score (nSPS) is 44.1. The molecule has 0 spiro atoms. The summed E-state index contributed by atoms with van der Waals surface area (Å²) < 4.78 is 0. The highest BCUT2D eigenvalue weighted by molar-refractivity contribution is 5.00. The molecule has 4 fully saturated rings. The van der Waals surface area contributed by atoms with Crippen LogP contribution in [0.25, 0.3) is 0 Å². The van der Waals surface area contributed by atoms with Crippen LogP contribution in [0.2, 0.25) is 0 Å². The van der Waals surface area contributed by atoms with Crippen molar-refractivity contribution in [1.29, 1.82) is 0 Å². The first-order valence-corrected chi connectivity index (χ1v) is 7.63. The average molecular weight is 235 g/mol. The van der Waals surface area contributed by atoms with Gasteiger partial charge in [0.25, 0.3) is 0 Å². The third kappa shape index (κ3) is 1.92. The zero-order chi connectivity index (χ0) is 11.2. The Balaban J connectivity index is 1.43. The van der Waals surface area contributed by atoms with Gasteiger partial charge in [0.1, 0.15) is 0 Å². The van der Waals surface area contributed by atoms with Gasteiger partial charge in [-0.1, -0.05) is 0 Å². The summed E-state index contributed by atoms with van der Waals surface area (Å²) in [6, 6.07) is 2.62. The Morgan fingerprint density at radius 2 is 1.71 bits per heavy atom. The predicted molar refractivity (Wildman–Crippen MR) is 69.1 cm³/mol. The van der Waals surface area contributed by atoms with Crippen molar-refractivity contribution in [2.24, 2.45) is 5.92 Å². The van der Waals surface area contributed by atoms with Gasteiger partial charge in [-0.25, -0.2) is 0 Å². The maximum atomic E-state index is 3.74. The smallest absolute Gasteiger partial charge is 0.0264 e. The first-order chi connectivity index (χ1) is 8.42. The van der Waals surface area contributed by atoms with E-state index in [4.69, 9.17) is 0 Å². The number of rotatable bonds is 2. The highest BCUT2D eigenvalue weighted by Crippen LogP contribution is 2.36. The van der Waals surface area contributed by atoms with Gasteiger partial charge in [-0.05, 0) is 44.6 Å². The molecule has 0 aromatic carbocycles. The van der Waals surface area contributed by atoms with Crippen LogP contribution in [0.3, 0.4) is 0 Å². The van der Waals surface area contributed by atoms with Crippen LogP contribution >= 0.6 is 0 Å². The number of piperazine rings is 1. The summed E-state index contributed by atoms with van der Waals surface area (Å²) in [6.07, 6.45) is 7.29. The van der Waals surface area contributed by atoms with Crippen LogP contribution in [0, 0.1) is 5.92 Å². The highest BCUT2D eigenvalue weighted by Gasteiger charge is 2.42. The van der Waals surface area contributed by atoms with Gasteiger partial charge in [0, 0.05) is 44.3 Å². The molecule has 3 unspecified atom stereocenters. The predicted octanol–water partition coefficient (Wildman–Crippen LogP) is 0.907. The fraction of sp³-hybridized carbons (Fsp3) is 1.00. The molecule has 17 heavy (non-hydrogen) atoms. The standard InChI is InChI=1S/C14H25N3/c1-2-13-14(5-8-16(13)7-1)17-9-6-15-12(10-17)11-3-4-11/h11-15H,1-10H2. The zero-order valence-corrected chi connectivity index (χ0v) is 10.8. The maximum absolute atomic E-state index is 3.74. The molecule has 96 valence electrons. The fourth-order valence-electron chi connectivity index (χ4n) is 4.40. The topological polar surface area (TPSA) is 18.5 Å². The van der Waals surface area contributed by atoms with Gasteiger partial charge >= 0.3 is 0 Å². The van der Waals surface area contributed by atoms with Gasteiger partial charge in [-0.3, -0.25) is 9.80 Å². The lowest BCUT2D eigenvalue weighted by Gasteiger charge is -2.39. The molecule has 0 aromatic rings. The molecule has 3 heteroatoms. The van der Waals surface area contributed by atoms with Gasteiger partial charge in [-0.15, -0.1) is 0 Å². The molecule has 0 radical (unpaired) electrons. The quantitative estimate of drug-likeness (QED) is 0.767. The van der Waals surface area contributed by atoms with E-state index < -0.39 is 0 Å². The second-order valence-electron chi connectivity index (χ2n) is 6.49. The minimum atomic E-state index is 0.819. The third-order valence-electron chi connectivity index (χ3n) is 5.47. The van der Waals surface area contributed by atoms with Crippen LogP contribution in [0.5, 0.6) is 0 Å². The second-order valence-corrected chi connectivity index (χ2v) is 6.49. The molecule has 1 aliphatic carbocycles. The molecule has 1 saturated carbocycles. The first kappa shape index (κ1) is 10.8. The zero-order valence-electron chi connectivity index (χ0n) is 10.8. The molecular formula is C14H25N3. The van der Waals surface area contributed by atoms with Crippen LogP contribution in [0.15, 0.2) is 0 Å². The average Bonchev–Trinajstić information content (AvgIpc) is 2.97. The molecule has 3 saturated heterocycles. The lowest BCUT2D eigenvalue weighted by Crippen LogP contribution is -2.56. The first-order valence-electron chi connectivity index (χ1n) is 7.63. The van der Waals surface area contributed by atoms with E-state index in [9.17, 15) is 0 Å². The molecule has 3 atom stereocenters. The Morgan fingerprint density at radius 1 is 0.824 bits per heavy atom. The Bertz CT molecular complexity index is 289. The molecule has 0 bridgehead atoms. The van der Waals surface area contributed by atoms with Gasteiger partial charge in [0.15, 0.2) is 0 Å². The van der Waals surface area contributed by atoms with Gasteiger partial charge < -0.3 is 5.32 Å². The molecule has 3 aliphatic heterocycles. The van der Waals surface area contributed by atoms with Gasteiger partial charge in [0.2, 0.25) is 0 Å². The number of fused-ring (bicyclic) bond motifs is 1. The minimum absolute atomic E-state index is 0.819. The monoisotopic (exact) mass is 235 g/mol. The van der Waals surface area contributed by atoms with Crippen LogP contribution in [0.4, 0.5) is 0 Å². The van der Waals surface area contributed by atoms with E-state index in [1.807, 2.05) is 0 Å². The molecule has 3 heterocycles. The highest BCUT2D eigenvalue weighted by atomic mass is 15.3. The lowest BCUT2D eigenvalue weighted by atomic mass is 10.0. The van der Waals surface area contributed by atoms with E-state index in [0.717, 1.165) is 24.0 Å². The Morgan fingerprint density at radius 3 is 2.59 bits per heavy atom. The fourth-order valence-corrected chi connectivity index (χ4v) is 4.40. The number of hydrogen-bond donors (Lipinski definition) is 1. The van der Waals surface area contributed by atoms with Crippen molar-refractivity contribution in [2.75, 3.05) is 32.7 Å². The number of nitrogens with one attached hydrogen (secondary N) is 1. The molecule has 3 nitrogen and oxygen atoms in total. The summed E-state index contributed by atoms with van der Waals surface area (Å²) in [7, 11) is 0. The number of nitrogens with zero attached hydrogens (tertiary/aromatic N) is 2. The summed E-state index contributed by atoms with van der Waals surface area (Å²) in [4.78, 5) is 5.58. The summed E-state index contributed by atoms with van der Waals surface area (Å²) in [5.74, 6) is 1.01. The van der Waals surface area contributed by atoms with Crippen molar-refractivity contribution < 1.29 is 0 Å². The molecule has 0 aromatic heterocycles. The Kier molecular flexibility index (Phi) is 2.67. The van der Waals surface area contributed by atoms with Crippen molar-refractivity contribution in [3.63, 3.8) is 0 Å². The SMILES string of the molecule is C1CC2C(N3CCNC(C4CC4)C3)CCN2C1. The van der Waals surface area contributed by atoms with Crippen LogP contribution in [0.1, 0.15) is 32.1 Å². The lowest BCUT2D eigenvalue weighted by molar-refractivity contribution is 0.114. The van der Waals surface area contributed by atoms with Crippen molar-refractivity contribution in [3.05, 3.63) is 0 Å². The minimum Gasteiger partial charge on any atom is -0.311 e. The molecule has 4 rings (SSSR count). The van der Waals surface area contributed by atoms with E-state index in [2.05, 4.69) is 15.1 Å². The van der Waals surface area contributed by atoms with Crippen molar-refractivity contribution in [3.8, 4) is 0 Å². The van der Waals surface area contributed by atoms with Crippen LogP contribution in [-0.2, 0) is 0 Å². The molecular weight excluding hydrogens is 210 g/mol. The van der Waals surface area contributed by atoms with E-state index in [1.54, 1.807) is 0 Å². The molecule has 0 amide bonds. The second kappa shape index (κ2) is 4.22. The molecule has 4 aliphatic rings. The van der Waals surface area contributed by atoms with Gasteiger partial charge in [0.05, 0.1) is 0 Å². The summed E-state index contributed by atoms with van der Waals surface area (Å²) in [6.45, 7) is 6.59. The van der Waals surface area contributed by atoms with Crippen molar-refractivity contribution >= 4 is 0 Å². The van der Waals surface area contributed by atoms with E-state index >= 15 is 0 Å². The molecule has 1 N–H and O–H groups in total. The largest absolute Gasteiger partial charge is 0.311 e. The van der Waals surface area contributed by atoms with Crippen LogP contribution in [-0.4, -0.2) is 60.6 Å². The Labute approximate surface area is 105 Å². The van der Waals surface area contributed by atoms with E-state index in [0.29, 0.717) is 0 Å².